The van der Waals surface area contributed by atoms with E-state index < -0.39 is 0 Å². The first kappa shape index (κ1) is 12.5. The lowest BCUT2D eigenvalue weighted by molar-refractivity contribution is 0.137. The zero-order valence-electron chi connectivity index (χ0n) is 11.2. The van der Waals surface area contributed by atoms with Crippen LogP contribution in [0.4, 0.5) is 5.82 Å². The van der Waals surface area contributed by atoms with Crippen LogP contribution in [0.5, 0.6) is 5.75 Å². The van der Waals surface area contributed by atoms with E-state index in [0.717, 1.165) is 27.8 Å². The minimum Gasteiger partial charge on any atom is -0.486 e. The highest BCUT2D eigenvalue weighted by molar-refractivity contribution is 9.10. The SMILES string of the molecule is Cn1ncc(-c2cc(Br)c3c(c2)CC(C)(C)O3)c1N. The molecule has 0 bridgehead atoms. The Labute approximate surface area is 120 Å². The lowest BCUT2D eigenvalue weighted by Crippen LogP contribution is -2.24. The van der Waals surface area contributed by atoms with Gasteiger partial charge in [0.25, 0.3) is 0 Å². The van der Waals surface area contributed by atoms with E-state index in [1.54, 1.807) is 10.9 Å². The Bertz CT molecular complexity index is 661. The number of hydrogen-bond donors (Lipinski definition) is 1. The number of ether oxygens (including phenoxy) is 1. The van der Waals surface area contributed by atoms with Gasteiger partial charge in [0, 0.05) is 19.0 Å². The average Bonchev–Trinajstić information content (AvgIpc) is 2.79. The van der Waals surface area contributed by atoms with E-state index in [1.807, 2.05) is 13.1 Å². The summed E-state index contributed by atoms with van der Waals surface area (Å²) in [5.74, 6) is 1.61. The molecule has 2 aromatic rings. The monoisotopic (exact) mass is 321 g/mol. The molecule has 100 valence electrons. The van der Waals surface area contributed by atoms with Crippen molar-refractivity contribution in [3.63, 3.8) is 0 Å². The van der Waals surface area contributed by atoms with Crippen LogP contribution in [0.2, 0.25) is 0 Å². The molecule has 0 spiro atoms. The first-order chi connectivity index (χ1) is 8.87. The van der Waals surface area contributed by atoms with Crippen molar-refractivity contribution in [3.8, 4) is 16.9 Å². The summed E-state index contributed by atoms with van der Waals surface area (Å²) in [7, 11) is 1.84. The Morgan fingerprint density at radius 3 is 2.79 bits per heavy atom. The maximum Gasteiger partial charge on any atom is 0.137 e. The molecule has 2 N–H and O–H groups in total. The minimum absolute atomic E-state index is 0.149. The van der Waals surface area contributed by atoms with Gasteiger partial charge in [-0.1, -0.05) is 0 Å². The second kappa shape index (κ2) is 4.00. The summed E-state index contributed by atoms with van der Waals surface area (Å²) in [6, 6.07) is 4.18. The van der Waals surface area contributed by atoms with Gasteiger partial charge >= 0.3 is 0 Å². The lowest BCUT2D eigenvalue weighted by Gasteiger charge is -2.17. The molecular formula is C14H16BrN3O. The highest BCUT2D eigenvalue weighted by atomic mass is 79.9. The fourth-order valence-corrected chi connectivity index (χ4v) is 3.07. The summed E-state index contributed by atoms with van der Waals surface area (Å²) in [4.78, 5) is 0. The molecule has 19 heavy (non-hydrogen) atoms. The molecule has 0 atom stereocenters. The molecule has 0 unspecified atom stereocenters. The quantitative estimate of drug-likeness (QED) is 0.877. The van der Waals surface area contributed by atoms with Gasteiger partial charge in [-0.3, -0.25) is 4.68 Å². The van der Waals surface area contributed by atoms with Crippen molar-refractivity contribution in [3.05, 3.63) is 28.4 Å². The number of anilines is 1. The Morgan fingerprint density at radius 1 is 1.42 bits per heavy atom. The highest BCUT2D eigenvalue weighted by Crippen LogP contribution is 2.43. The molecule has 5 heteroatoms. The number of nitrogens with zero attached hydrogens (tertiary/aromatic N) is 2. The van der Waals surface area contributed by atoms with Crippen molar-refractivity contribution in [1.29, 1.82) is 0 Å². The molecule has 3 rings (SSSR count). The Balaban J connectivity index is 2.12. The van der Waals surface area contributed by atoms with E-state index in [4.69, 9.17) is 10.5 Å². The first-order valence-corrected chi connectivity index (χ1v) is 6.96. The van der Waals surface area contributed by atoms with Crippen molar-refractivity contribution in [2.24, 2.45) is 7.05 Å². The van der Waals surface area contributed by atoms with Gasteiger partial charge in [-0.2, -0.15) is 5.10 Å². The van der Waals surface area contributed by atoms with E-state index in [-0.39, 0.29) is 5.60 Å². The number of halogens is 1. The number of nitrogen functional groups attached to an aromatic ring is 1. The predicted molar refractivity (Wildman–Crippen MR) is 79.2 cm³/mol. The number of benzene rings is 1. The molecule has 1 aliphatic heterocycles. The van der Waals surface area contributed by atoms with E-state index in [0.29, 0.717) is 5.82 Å². The third kappa shape index (κ3) is 2.02. The van der Waals surface area contributed by atoms with Gasteiger partial charge in [0.05, 0.1) is 10.7 Å². The van der Waals surface area contributed by atoms with Gasteiger partial charge < -0.3 is 10.5 Å². The van der Waals surface area contributed by atoms with Gasteiger partial charge in [0.15, 0.2) is 0 Å². The molecule has 0 fully saturated rings. The van der Waals surface area contributed by atoms with Crippen molar-refractivity contribution >= 4 is 21.7 Å². The van der Waals surface area contributed by atoms with Crippen molar-refractivity contribution in [2.45, 2.75) is 25.9 Å². The molecule has 1 aromatic carbocycles. The average molecular weight is 322 g/mol. The molecule has 1 aliphatic rings. The maximum atomic E-state index is 6.04. The van der Waals surface area contributed by atoms with Gasteiger partial charge in [0.1, 0.15) is 17.2 Å². The van der Waals surface area contributed by atoms with E-state index in [2.05, 4.69) is 40.9 Å². The summed E-state index contributed by atoms with van der Waals surface area (Å²) < 4.78 is 8.60. The van der Waals surface area contributed by atoms with Crippen LogP contribution in [0.1, 0.15) is 19.4 Å². The summed E-state index contributed by atoms with van der Waals surface area (Å²) in [6.45, 7) is 4.19. The van der Waals surface area contributed by atoms with Crippen LogP contribution in [-0.2, 0) is 13.5 Å². The van der Waals surface area contributed by atoms with Gasteiger partial charge in [-0.25, -0.2) is 0 Å². The summed E-state index contributed by atoms with van der Waals surface area (Å²) in [5.41, 5.74) is 9.12. The Morgan fingerprint density at radius 2 is 2.16 bits per heavy atom. The van der Waals surface area contributed by atoms with Crippen molar-refractivity contribution in [1.82, 2.24) is 9.78 Å². The normalized spacial score (nSPS) is 16.2. The molecule has 0 aliphatic carbocycles. The van der Waals surface area contributed by atoms with Crippen molar-refractivity contribution in [2.75, 3.05) is 5.73 Å². The molecule has 0 saturated heterocycles. The van der Waals surface area contributed by atoms with E-state index in [9.17, 15) is 0 Å². The highest BCUT2D eigenvalue weighted by Gasteiger charge is 2.32. The molecule has 0 saturated carbocycles. The zero-order valence-corrected chi connectivity index (χ0v) is 12.8. The first-order valence-electron chi connectivity index (χ1n) is 6.17. The fourth-order valence-electron chi connectivity index (χ4n) is 2.49. The maximum absolute atomic E-state index is 6.04. The topological polar surface area (TPSA) is 53.1 Å². The standard InChI is InChI=1S/C14H16BrN3O/c1-14(2)6-9-4-8(5-11(15)12(9)19-14)10-7-17-18(3)13(10)16/h4-5,7H,6,16H2,1-3H3. The summed E-state index contributed by atoms with van der Waals surface area (Å²) in [6.07, 6.45) is 2.69. The predicted octanol–water partition coefficient (Wildman–Crippen LogP) is 3.15. The van der Waals surface area contributed by atoms with Crippen LogP contribution in [0.25, 0.3) is 11.1 Å². The van der Waals surface area contributed by atoms with Crippen LogP contribution in [-0.4, -0.2) is 15.4 Å². The molecule has 0 radical (unpaired) electrons. The van der Waals surface area contributed by atoms with Gasteiger partial charge in [0.2, 0.25) is 0 Å². The second-order valence-electron chi connectivity index (χ2n) is 5.55. The van der Waals surface area contributed by atoms with Crippen LogP contribution in [0, 0.1) is 0 Å². The number of hydrogen-bond acceptors (Lipinski definition) is 3. The minimum atomic E-state index is -0.149. The number of rotatable bonds is 1. The molecule has 2 heterocycles. The van der Waals surface area contributed by atoms with E-state index in [1.165, 1.54) is 5.56 Å². The van der Waals surface area contributed by atoms with E-state index >= 15 is 0 Å². The van der Waals surface area contributed by atoms with Crippen LogP contribution in [0.3, 0.4) is 0 Å². The fraction of sp³-hybridized carbons (Fsp3) is 0.357. The molecule has 4 nitrogen and oxygen atoms in total. The Hall–Kier alpha value is -1.49. The van der Waals surface area contributed by atoms with Crippen LogP contribution in [0.15, 0.2) is 22.8 Å². The number of nitrogens with two attached hydrogens (primary N) is 1. The van der Waals surface area contributed by atoms with Crippen molar-refractivity contribution < 1.29 is 4.74 Å². The molecule has 0 amide bonds. The van der Waals surface area contributed by atoms with Gasteiger partial charge in [-0.05, 0) is 53.0 Å². The largest absolute Gasteiger partial charge is 0.486 e. The molecular weight excluding hydrogens is 306 g/mol. The molecule has 1 aromatic heterocycles. The van der Waals surface area contributed by atoms with Gasteiger partial charge in [-0.15, -0.1) is 0 Å². The number of aryl methyl sites for hydroxylation is 1. The van der Waals surface area contributed by atoms with Crippen LogP contribution < -0.4 is 10.5 Å². The smallest absolute Gasteiger partial charge is 0.137 e. The summed E-state index contributed by atoms with van der Waals surface area (Å²) >= 11 is 3.59. The third-order valence-electron chi connectivity index (χ3n) is 3.41. The second-order valence-corrected chi connectivity index (χ2v) is 6.41. The lowest BCUT2D eigenvalue weighted by atomic mass is 9.98. The van der Waals surface area contributed by atoms with Crippen LogP contribution >= 0.6 is 15.9 Å². The zero-order chi connectivity index (χ0) is 13.8. The Kier molecular flexibility index (Phi) is 2.64. The summed E-state index contributed by atoms with van der Waals surface area (Å²) in [5, 5.41) is 4.19. The third-order valence-corrected chi connectivity index (χ3v) is 4.00. The number of fused-ring (bicyclic) bond motifs is 1. The number of aromatic nitrogens is 2.